The molecule has 0 unspecified atom stereocenters. The molecule has 0 spiro atoms. The van der Waals surface area contributed by atoms with Crippen LogP contribution in [0.3, 0.4) is 0 Å². The fourth-order valence-electron chi connectivity index (χ4n) is 3.52. The molecule has 2 aromatic carbocycles. The lowest BCUT2D eigenvalue weighted by Crippen LogP contribution is -2.46. The number of piperidine rings is 1. The van der Waals surface area contributed by atoms with Crippen molar-refractivity contribution in [2.24, 2.45) is 5.92 Å². The van der Waals surface area contributed by atoms with Gasteiger partial charge in [0.2, 0.25) is 5.91 Å². The Bertz CT molecular complexity index is 1070. The number of benzene rings is 2. The summed E-state index contributed by atoms with van der Waals surface area (Å²) in [6.07, 6.45) is 1.74. The Balaban J connectivity index is 2.04. The number of ether oxygens (including phenoxy) is 1. The van der Waals surface area contributed by atoms with Crippen LogP contribution in [-0.2, 0) is 19.6 Å². The maximum atomic E-state index is 13.7. The van der Waals surface area contributed by atoms with Gasteiger partial charge in [0.15, 0.2) is 0 Å². The molecule has 0 N–H and O–H groups in total. The molecule has 1 fully saturated rings. The third-order valence-electron chi connectivity index (χ3n) is 5.40. The first-order valence-corrected chi connectivity index (χ1v) is 11.8. The number of methoxy groups -OCH3 is 1. The summed E-state index contributed by atoms with van der Waals surface area (Å²) in [5, 5.41) is 0.182. The molecular formula is C22H25ClN2O5S. The van der Waals surface area contributed by atoms with Gasteiger partial charge >= 0.3 is 5.97 Å². The van der Waals surface area contributed by atoms with E-state index < -0.39 is 22.5 Å². The summed E-state index contributed by atoms with van der Waals surface area (Å²) in [6, 6.07) is 12.2. The first-order valence-electron chi connectivity index (χ1n) is 9.98. The summed E-state index contributed by atoms with van der Waals surface area (Å²) in [5.74, 6) is -0.569. The number of anilines is 1. The van der Waals surface area contributed by atoms with Crippen molar-refractivity contribution in [2.45, 2.75) is 24.7 Å². The van der Waals surface area contributed by atoms with Crippen molar-refractivity contribution in [3.63, 3.8) is 0 Å². The van der Waals surface area contributed by atoms with Crippen molar-refractivity contribution in [1.82, 2.24) is 4.90 Å². The van der Waals surface area contributed by atoms with E-state index in [0.717, 1.165) is 17.1 Å². The van der Waals surface area contributed by atoms with Crippen molar-refractivity contribution in [2.75, 3.05) is 31.0 Å². The summed E-state index contributed by atoms with van der Waals surface area (Å²) < 4.78 is 33.1. The Morgan fingerprint density at radius 2 is 1.71 bits per heavy atom. The number of nitrogens with zero attached hydrogens (tertiary/aromatic N) is 2. The molecule has 1 amide bonds. The molecule has 1 saturated heterocycles. The smallest absolute Gasteiger partial charge is 0.339 e. The monoisotopic (exact) mass is 464 g/mol. The zero-order valence-electron chi connectivity index (χ0n) is 17.5. The van der Waals surface area contributed by atoms with Gasteiger partial charge in [0.1, 0.15) is 11.4 Å². The molecule has 0 radical (unpaired) electrons. The van der Waals surface area contributed by atoms with Gasteiger partial charge in [-0.05, 0) is 43.0 Å². The fourth-order valence-corrected chi connectivity index (χ4v) is 5.43. The van der Waals surface area contributed by atoms with Gasteiger partial charge in [-0.3, -0.25) is 9.10 Å². The van der Waals surface area contributed by atoms with Gasteiger partial charge in [-0.2, -0.15) is 0 Å². The predicted octanol–water partition coefficient (Wildman–Crippen LogP) is 3.58. The van der Waals surface area contributed by atoms with E-state index in [1.54, 1.807) is 29.2 Å². The van der Waals surface area contributed by atoms with Crippen molar-refractivity contribution in [3.8, 4) is 0 Å². The van der Waals surface area contributed by atoms with Crippen LogP contribution < -0.4 is 4.31 Å². The standard InChI is InChI=1S/C22H25ClN2O5S/c1-16-11-13-24(14-12-16)21(26)15-25(19-9-5-4-8-18(19)23)31(28,29)20-10-6-3-7-17(20)22(27)30-2/h3-10,16H,11-15H2,1-2H3. The lowest BCUT2D eigenvalue weighted by Gasteiger charge is -2.33. The second kappa shape index (κ2) is 9.70. The number of likely N-dealkylation sites (tertiary alicyclic amines) is 1. The third kappa shape index (κ3) is 5.02. The first kappa shape index (κ1) is 23.1. The van der Waals surface area contributed by atoms with E-state index in [2.05, 4.69) is 6.92 Å². The van der Waals surface area contributed by atoms with Crippen LogP contribution in [-0.4, -0.2) is 51.9 Å². The number of para-hydroxylation sites is 1. The van der Waals surface area contributed by atoms with E-state index in [1.165, 1.54) is 31.4 Å². The number of carbonyl (C=O) groups excluding carboxylic acids is 2. The summed E-state index contributed by atoms with van der Waals surface area (Å²) in [7, 11) is -3.13. The summed E-state index contributed by atoms with van der Waals surface area (Å²) >= 11 is 6.31. The molecule has 31 heavy (non-hydrogen) atoms. The maximum absolute atomic E-state index is 13.7. The van der Waals surface area contributed by atoms with Crippen molar-refractivity contribution < 1.29 is 22.7 Å². The fraction of sp³-hybridized carbons (Fsp3) is 0.364. The van der Waals surface area contributed by atoms with Gasteiger partial charge in [-0.25, -0.2) is 13.2 Å². The average Bonchev–Trinajstić information content (AvgIpc) is 2.77. The Kier molecular flexibility index (Phi) is 7.23. The van der Waals surface area contributed by atoms with Crippen LogP contribution in [0, 0.1) is 5.92 Å². The van der Waals surface area contributed by atoms with Crippen molar-refractivity contribution >= 4 is 39.2 Å². The number of sulfonamides is 1. The molecule has 0 atom stereocenters. The number of esters is 1. The summed E-state index contributed by atoms with van der Waals surface area (Å²) in [6.45, 7) is 2.87. The van der Waals surface area contributed by atoms with E-state index in [9.17, 15) is 18.0 Å². The molecule has 1 heterocycles. The van der Waals surface area contributed by atoms with Gasteiger partial charge in [-0.15, -0.1) is 0 Å². The minimum Gasteiger partial charge on any atom is -0.465 e. The quantitative estimate of drug-likeness (QED) is 0.610. The van der Waals surface area contributed by atoms with Crippen LogP contribution in [0.1, 0.15) is 30.1 Å². The number of amides is 1. The van der Waals surface area contributed by atoms with Crippen LogP contribution in [0.15, 0.2) is 53.4 Å². The molecule has 0 aromatic heterocycles. The second-order valence-electron chi connectivity index (χ2n) is 7.51. The number of hydrogen-bond acceptors (Lipinski definition) is 5. The Hall–Kier alpha value is -2.58. The molecule has 3 rings (SSSR count). The number of hydrogen-bond donors (Lipinski definition) is 0. The van der Waals surface area contributed by atoms with Gasteiger partial charge in [0.25, 0.3) is 10.0 Å². The lowest BCUT2D eigenvalue weighted by molar-refractivity contribution is -0.130. The molecule has 9 heteroatoms. The molecule has 1 aliphatic rings. The number of carbonyl (C=O) groups is 2. The van der Waals surface area contributed by atoms with Gasteiger partial charge in [0.05, 0.1) is 23.4 Å². The first-order chi connectivity index (χ1) is 14.8. The zero-order valence-corrected chi connectivity index (χ0v) is 19.0. The minimum atomic E-state index is -4.31. The molecule has 1 aliphatic heterocycles. The number of rotatable bonds is 6. The number of halogens is 1. The highest BCUT2D eigenvalue weighted by Crippen LogP contribution is 2.32. The topological polar surface area (TPSA) is 84.0 Å². The van der Waals surface area contributed by atoms with Crippen LogP contribution >= 0.6 is 11.6 Å². The van der Waals surface area contributed by atoms with Crippen LogP contribution in [0.2, 0.25) is 5.02 Å². The largest absolute Gasteiger partial charge is 0.465 e. The highest BCUT2D eigenvalue weighted by molar-refractivity contribution is 7.93. The predicted molar refractivity (Wildman–Crippen MR) is 119 cm³/mol. The Morgan fingerprint density at radius 3 is 2.35 bits per heavy atom. The molecule has 0 saturated carbocycles. The molecule has 0 aliphatic carbocycles. The molecular weight excluding hydrogens is 440 g/mol. The van der Waals surface area contributed by atoms with Crippen molar-refractivity contribution in [1.29, 1.82) is 0 Å². The Labute approximate surface area is 187 Å². The van der Waals surface area contributed by atoms with E-state index in [0.29, 0.717) is 19.0 Å². The highest BCUT2D eigenvalue weighted by atomic mass is 35.5. The summed E-state index contributed by atoms with van der Waals surface area (Å²) in [5.41, 5.74) is 0.0591. The van der Waals surface area contributed by atoms with E-state index in [4.69, 9.17) is 16.3 Å². The molecule has 166 valence electrons. The Morgan fingerprint density at radius 1 is 1.10 bits per heavy atom. The minimum absolute atomic E-state index is 0.110. The van der Waals surface area contributed by atoms with Crippen LogP contribution in [0.25, 0.3) is 0 Å². The van der Waals surface area contributed by atoms with Gasteiger partial charge in [0, 0.05) is 13.1 Å². The molecule has 7 nitrogen and oxygen atoms in total. The summed E-state index contributed by atoms with van der Waals surface area (Å²) in [4.78, 5) is 26.7. The van der Waals surface area contributed by atoms with Crippen LogP contribution in [0.5, 0.6) is 0 Å². The van der Waals surface area contributed by atoms with Gasteiger partial charge < -0.3 is 9.64 Å². The SMILES string of the molecule is COC(=O)c1ccccc1S(=O)(=O)N(CC(=O)N1CCC(C)CC1)c1ccccc1Cl. The lowest BCUT2D eigenvalue weighted by atomic mass is 9.99. The third-order valence-corrected chi connectivity index (χ3v) is 7.53. The molecule has 0 bridgehead atoms. The van der Waals surface area contributed by atoms with Gasteiger partial charge in [-0.1, -0.05) is 42.8 Å². The van der Waals surface area contributed by atoms with E-state index in [-0.39, 0.29) is 27.1 Å². The maximum Gasteiger partial charge on any atom is 0.339 e. The zero-order chi connectivity index (χ0) is 22.6. The van der Waals surface area contributed by atoms with Crippen LogP contribution in [0.4, 0.5) is 5.69 Å². The molecule has 2 aromatic rings. The highest BCUT2D eigenvalue weighted by Gasteiger charge is 2.33. The second-order valence-corrected chi connectivity index (χ2v) is 9.75. The van der Waals surface area contributed by atoms with E-state index in [1.807, 2.05) is 0 Å². The van der Waals surface area contributed by atoms with E-state index >= 15 is 0 Å². The van der Waals surface area contributed by atoms with Crippen molar-refractivity contribution in [3.05, 3.63) is 59.1 Å². The normalized spacial score (nSPS) is 14.9. The average molecular weight is 465 g/mol.